The molecule has 2 aliphatic carbocycles. The number of benzene rings is 2. The van der Waals surface area contributed by atoms with Gasteiger partial charge in [0.15, 0.2) is 0 Å². The number of aliphatic carboxylic acids is 1. The van der Waals surface area contributed by atoms with Crippen LogP contribution in [-0.4, -0.2) is 17.2 Å². The molecule has 3 nitrogen and oxygen atoms in total. The van der Waals surface area contributed by atoms with Gasteiger partial charge in [0.1, 0.15) is 5.41 Å². The van der Waals surface area contributed by atoms with Crippen molar-refractivity contribution in [2.45, 2.75) is 36.9 Å². The minimum absolute atomic E-state index is 0.0335. The number of hydrogen-bond acceptors (Lipinski definition) is 2. The molecule has 3 heteroatoms. The Morgan fingerprint density at radius 3 is 2.59 bits per heavy atom. The number of aryl methyl sites for hydroxylation is 1. The van der Waals surface area contributed by atoms with Crippen molar-refractivity contribution in [1.82, 2.24) is 0 Å². The lowest BCUT2D eigenvalue weighted by atomic mass is 9.96. The van der Waals surface area contributed by atoms with E-state index in [-0.39, 0.29) is 12.2 Å². The van der Waals surface area contributed by atoms with Gasteiger partial charge in [0.2, 0.25) is 0 Å². The van der Waals surface area contributed by atoms with Crippen LogP contribution in [0.15, 0.2) is 54.6 Å². The van der Waals surface area contributed by atoms with Crippen molar-refractivity contribution in [3.8, 4) is 0 Å². The zero-order valence-corrected chi connectivity index (χ0v) is 12.2. The Bertz CT molecular complexity index is 710. The van der Waals surface area contributed by atoms with Gasteiger partial charge in [-0.25, -0.2) is 0 Å². The van der Waals surface area contributed by atoms with E-state index >= 15 is 0 Å². The maximum absolute atomic E-state index is 11.8. The van der Waals surface area contributed by atoms with Crippen LogP contribution >= 0.6 is 0 Å². The van der Waals surface area contributed by atoms with E-state index in [0.717, 1.165) is 18.4 Å². The summed E-state index contributed by atoms with van der Waals surface area (Å²) in [5.41, 5.74) is 2.54. The molecule has 2 aromatic carbocycles. The van der Waals surface area contributed by atoms with Crippen LogP contribution in [0.4, 0.5) is 0 Å². The molecule has 0 amide bonds. The number of carbonyl (C=O) groups is 1. The molecule has 0 aromatic heterocycles. The van der Waals surface area contributed by atoms with Gasteiger partial charge < -0.3 is 9.84 Å². The number of fused-ring (bicyclic) bond motifs is 1. The average Bonchev–Trinajstić information content (AvgIpc) is 3.14. The molecule has 3 atom stereocenters. The van der Waals surface area contributed by atoms with E-state index in [0.29, 0.717) is 6.42 Å². The van der Waals surface area contributed by atoms with Crippen LogP contribution in [0.1, 0.15) is 35.6 Å². The lowest BCUT2D eigenvalue weighted by Gasteiger charge is -2.17. The van der Waals surface area contributed by atoms with Crippen LogP contribution in [0.2, 0.25) is 0 Å². The van der Waals surface area contributed by atoms with E-state index in [4.69, 9.17) is 4.74 Å². The highest BCUT2D eigenvalue weighted by Gasteiger charge is 2.63. The topological polar surface area (TPSA) is 46.5 Å². The minimum atomic E-state index is -0.862. The second-order valence-electron chi connectivity index (χ2n) is 6.20. The summed E-state index contributed by atoms with van der Waals surface area (Å²) < 4.78 is 6.20. The minimum Gasteiger partial charge on any atom is -0.481 e. The first-order chi connectivity index (χ1) is 10.7. The lowest BCUT2D eigenvalue weighted by molar-refractivity contribution is -0.141. The van der Waals surface area contributed by atoms with Gasteiger partial charge in [-0.1, -0.05) is 54.6 Å². The van der Waals surface area contributed by atoms with Gasteiger partial charge in [-0.05, 0) is 36.0 Å². The normalized spacial score (nSPS) is 29.1. The van der Waals surface area contributed by atoms with Gasteiger partial charge in [0.25, 0.3) is 0 Å². The van der Waals surface area contributed by atoms with Crippen molar-refractivity contribution in [1.29, 1.82) is 0 Å². The Kier molecular flexibility index (Phi) is 3.05. The zero-order chi connectivity index (χ0) is 15.2. The number of rotatable bonds is 4. The summed E-state index contributed by atoms with van der Waals surface area (Å²) >= 11 is 0. The van der Waals surface area contributed by atoms with Crippen LogP contribution in [0.3, 0.4) is 0 Å². The summed E-state index contributed by atoms with van der Waals surface area (Å²) in [7, 11) is 0. The highest BCUT2D eigenvalue weighted by molar-refractivity contribution is 5.86. The highest BCUT2D eigenvalue weighted by Crippen LogP contribution is 2.53. The molecule has 1 N–H and O–H groups in total. The van der Waals surface area contributed by atoms with E-state index in [1.54, 1.807) is 0 Å². The van der Waals surface area contributed by atoms with Crippen molar-refractivity contribution in [3.63, 3.8) is 0 Å². The van der Waals surface area contributed by atoms with Crippen molar-refractivity contribution in [2.24, 2.45) is 0 Å². The Morgan fingerprint density at radius 1 is 1.09 bits per heavy atom. The summed E-state index contributed by atoms with van der Waals surface area (Å²) in [6, 6.07) is 17.8. The molecular weight excluding hydrogens is 276 g/mol. The van der Waals surface area contributed by atoms with Crippen LogP contribution < -0.4 is 0 Å². The third kappa shape index (κ3) is 1.97. The molecule has 2 aromatic rings. The third-order valence-corrected chi connectivity index (χ3v) is 4.97. The molecule has 0 saturated heterocycles. The average molecular weight is 294 g/mol. The van der Waals surface area contributed by atoms with Gasteiger partial charge >= 0.3 is 5.97 Å². The van der Waals surface area contributed by atoms with Crippen molar-refractivity contribution in [2.75, 3.05) is 0 Å². The smallest absolute Gasteiger partial charge is 0.316 e. The third-order valence-electron chi connectivity index (χ3n) is 4.97. The first kappa shape index (κ1) is 13.5. The first-order valence-electron chi connectivity index (χ1n) is 7.74. The van der Waals surface area contributed by atoms with Gasteiger partial charge in [-0.2, -0.15) is 0 Å². The van der Waals surface area contributed by atoms with Crippen LogP contribution in [-0.2, 0) is 21.4 Å². The molecule has 4 rings (SSSR count). The van der Waals surface area contributed by atoms with Gasteiger partial charge in [-0.15, -0.1) is 0 Å². The monoisotopic (exact) mass is 294 g/mol. The Hall–Kier alpha value is -2.13. The van der Waals surface area contributed by atoms with Crippen LogP contribution in [0, 0.1) is 0 Å². The fraction of sp³-hybridized carbons (Fsp3) is 0.316. The second-order valence-corrected chi connectivity index (χ2v) is 6.20. The molecule has 1 fully saturated rings. The molecule has 0 aliphatic heterocycles. The second kappa shape index (κ2) is 4.96. The Balaban J connectivity index is 1.57. The highest BCUT2D eigenvalue weighted by atomic mass is 16.5. The summed E-state index contributed by atoms with van der Waals surface area (Å²) in [5, 5.41) is 9.72. The first-order valence-corrected chi connectivity index (χ1v) is 7.74. The summed E-state index contributed by atoms with van der Waals surface area (Å²) in [5.74, 6) is -0.782. The van der Waals surface area contributed by atoms with E-state index in [9.17, 15) is 9.90 Å². The van der Waals surface area contributed by atoms with Crippen LogP contribution in [0.5, 0.6) is 0 Å². The summed E-state index contributed by atoms with van der Waals surface area (Å²) in [4.78, 5) is 11.8. The molecule has 22 heavy (non-hydrogen) atoms. The standard InChI is InChI=1S/C19H18O3/c20-18(21)19(14-7-2-1-3-8-14)12-17(19)22-16-11-10-13-6-4-5-9-15(13)16/h1-9,16-17H,10-12H2,(H,20,21). The fourth-order valence-corrected chi connectivity index (χ4v) is 3.64. The SMILES string of the molecule is O=C(O)C1(c2ccccc2)CC1OC1CCc2ccccc21. The van der Waals surface area contributed by atoms with Gasteiger partial charge in [-0.3, -0.25) is 4.79 Å². The fourth-order valence-electron chi connectivity index (χ4n) is 3.64. The predicted octanol–water partition coefficient (Wildman–Crippen LogP) is 3.49. The van der Waals surface area contributed by atoms with Crippen molar-refractivity contribution in [3.05, 3.63) is 71.3 Å². The molecule has 0 radical (unpaired) electrons. The van der Waals surface area contributed by atoms with Crippen molar-refractivity contribution < 1.29 is 14.6 Å². The maximum atomic E-state index is 11.8. The zero-order valence-electron chi connectivity index (χ0n) is 12.2. The number of carboxylic acid groups (broad SMARTS) is 1. The largest absolute Gasteiger partial charge is 0.481 e. The molecule has 3 unspecified atom stereocenters. The molecule has 0 spiro atoms. The molecule has 112 valence electrons. The summed E-state index contributed by atoms with van der Waals surface area (Å²) in [6.45, 7) is 0. The van der Waals surface area contributed by atoms with E-state index < -0.39 is 11.4 Å². The number of ether oxygens (including phenoxy) is 1. The quantitative estimate of drug-likeness (QED) is 0.939. The Morgan fingerprint density at radius 2 is 1.82 bits per heavy atom. The van der Waals surface area contributed by atoms with E-state index in [2.05, 4.69) is 12.1 Å². The van der Waals surface area contributed by atoms with Crippen molar-refractivity contribution >= 4 is 5.97 Å². The van der Waals surface area contributed by atoms with Gasteiger partial charge in [0, 0.05) is 0 Å². The van der Waals surface area contributed by atoms with E-state index in [1.807, 2.05) is 42.5 Å². The van der Waals surface area contributed by atoms with E-state index in [1.165, 1.54) is 11.1 Å². The Labute approximate surface area is 129 Å². The molecule has 2 aliphatic rings. The molecular formula is C19H18O3. The lowest BCUT2D eigenvalue weighted by Crippen LogP contribution is -2.26. The maximum Gasteiger partial charge on any atom is 0.316 e. The van der Waals surface area contributed by atoms with Gasteiger partial charge in [0.05, 0.1) is 12.2 Å². The number of hydrogen-bond donors (Lipinski definition) is 1. The molecule has 0 bridgehead atoms. The predicted molar refractivity (Wildman–Crippen MR) is 82.7 cm³/mol. The molecule has 0 heterocycles. The number of carboxylic acids is 1. The molecule has 1 saturated carbocycles. The summed E-state index contributed by atoms with van der Waals surface area (Å²) in [6.07, 6.45) is 2.32. The van der Waals surface area contributed by atoms with Crippen LogP contribution in [0.25, 0.3) is 0 Å².